The van der Waals surface area contributed by atoms with Gasteiger partial charge in [0.05, 0.1) is 0 Å². The maximum Gasteiger partial charge on any atom is 0.251 e. The van der Waals surface area contributed by atoms with Gasteiger partial charge >= 0.3 is 0 Å². The molecule has 3 rings (SSSR count). The van der Waals surface area contributed by atoms with E-state index in [1.54, 1.807) is 6.92 Å². The number of hydrogen-bond donors (Lipinski definition) is 2. The molecule has 0 unspecified atom stereocenters. The summed E-state index contributed by atoms with van der Waals surface area (Å²) in [5.41, 5.74) is 4.69. The van der Waals surface area contributed by atoms with E-state index in [4.69, 9.17) is 5.11 Å². The molecule has 1 aliphatic rings. The van der Waals surface area contributed by atoms with Gasteiger partial charge in [-0.3, -0.25) is 4.79 Å². The molecule has 22 heavy (non-hydrogen) atoms. The highest BCUT2D eigenvalue weighted by atomic mass is 16.2. The third-order valence-corrected chi connectivity index (χ3v) is 4.13. The second-order valence-electron chi connectivity index (χ2n) is 6.39. The van der Waals surface area contributed by atoms with E-state index in [2.05, 4.69) is 37.0 Å². The van der Waals surface area contributed by atoms with Crippen molar-refractivity contribution < 1.29 is 6.53 Å². The number of aromatic amines is 1. The van der Waals surface area contributed by atoms with Crippen molar-refractivity contribution in [3.63, 3.8) is 0 Å². The Bertz CT molecular complexity index is 678. The van der Waals surface area contributed by atoms with Crippen LogP contribution in [-0.4, -0.2) is 16.7 Å². The first-order chi connectivity index (χ1) is 10.5. The first-order valence-corrected chi connectivity index (χ1v) is 7.88. The summed E-state index contributed by atoms with van der Waals surface area (Å²) in [7, 11) is 0. The third-order valence-electron chi connectivity index (χ3n) is 4.13. The molecule has 2 N–H and O–H groups in total. The first kappa shape index (κ1) is 16.5. The molecule has 1 aromatic heterocycles. The fourth-order valence-electron chi connectivity index (χ4n) is 2.94. The number of aliphatic hydroxyl groups is 1. The molecule has 0 atom stereocenters. The second-order valence-corrected chi connectivity index (χ2v) is 6.39. The topological polar surface area (TPSA) is 53.1 Å². The highest BCUT2D eigenvalue weighted by Gasteiger charge is 2.31. The predicted molar refractivity (Wildman–Crippen MR) is 92.5 cm³/mol. The summed E-state index contributed by atoms with van der Waals surface area (Å²) in [4.78, 5) is 15.3. The maximum atomic E-state index is 12.2. The molecule has 1 aliphatic carbocycles. The molecule has 0 bridgehead atoms. The summed E-state index contributed by atoms with van der Waals surface area (Å²) < 4.78 is 0. The van der Waals surface area contributed by atoms with Crippen molar-refractivity contribution in [3.05, 3.63) is 69.1 Å². The van der Waals surface area contributed by atoms with E-state index in [0.717, 1.165) is 24.1 Å². The fourth-order valence-corrected chi connectivity index (χ4v) is 2.94. The Labute approximate surface area is 133 Å². The van der Waals surface area contributed by atoms with Crippen molar-refractivity contribution in [1.82, 2.24) is 4.98 Å². The quantitative estimate of drug-likeness (QED) is 0.893. The van der Waals surface area contributed by atoms with Crippen molar-refractivity contribution in [3.8, 4) is 0 Å². The van der Waals surface area contributed by atoms with E-state index in [1.807, 2.05) is 18.2 Å². The van der Waals surface area contributed by atoms with Gasteiger partial charge in [-0.1, -0.05) is 44.2 Å². The Balaban J connectivity index is 0.000000615. The Hall–Kier alpha value is -1.87. The Morgan fingerprint density at radius 3 is 2.55 bits per heavy atom. The van der Waals surface area contributed by atoms with E-state index >= 15 is 0 Å². The highest BCUT2D eigenvalue weighted by Crippen LogP contribution is 2.36. The van der Waals surface area contributed by atoms with Gasteiger partial charge in [0.2, 0.25) is 0 Å². The summed E-state index contributed by atoms with van der Waals surface area (Å²) >= 11 is 0. The zero-order valence-electron chi connectivity index (χ0n) is 13.6. The molecule has 0 spiro atoms. The van der Waals surface area contributed by atoms with Crippen LogP contribution in [0.25, 0.3) is 0 Å². The average Bonchev–Trinajstić information content (AvgIpc) is 2.77. The molecule has 0 saturated heterocycles. The number of benzene rings is 1. The van der Waals surface area contributed by atoms with Crippen molar-refractivity contribution in [1.29, 1.82) is 0 Å². The molecule has 0 aliphatic heterocycles. The zero-order chi connectivity index (χ0) is 16.2. The SMILES string of the molecule is CC1(C)CCc2cc(Cc3ccccc3)c(=O)[nH]c21.CCO.[HH]. The number of aliphatic hydroxyl groups excluding tert-OH is 1. The molecular weight excluding hydrogens is 274 g/mol. The van der Waals surface area contributed by atoms with Gasteiger partial charge in [0, 0.05) is 31.1 Å². The van der Waals surface area contributed by atoms with Gasteiger partial charge in [-0.05, 0) is 37.0 Å². The average molecular weight is 301 g/mol. The van der Waals surface area contributed by atoms with E-state index in [1.165, 1.54) is 11.1 Å². The molecule has 3 heteroatoms. The number of rotatable bonds is 2. The summed E-state index contributed by atoms with van der Waals surface area (Å²) in [5, 5.41) is 7.57. The minimum atomic E-state index is 0. The van der Waals surface area contributed by atoms with Gasteiger partial charge < -0.3 is 10.1 Å². The Morgan fingerprint density at radius 2 is 1.91 bits per heavy atom. The summed E-state index contributed by atoms with van der Waals surface area (Å²) in [6.45, 7) is 6.33. The first-order valence-electron chi connectivity index (χ1n) is 7.88. The van der Waals surface area contributed by atoms with Crippen molar-refractivity contribution in [2.75, 3.05) is 6.61 Å². The van der Waals surface area contributed by atoms with Gasteiger partial charge in [-0.2, -0.15) is 0 Å². The standard InChI is InChI=1S/C17H19NO.C2H6O.H2/c1-17(2)9-8-13-11-14(16(19)18-15(13)17)10-12-6-4-3-5-7-12;1-2-3;/h3-7,11H,8-10H2,1-2H3,(H,18,19);3H,2H2,1H3;1H. The molecule has 2 aromatic rings. The summed E-state index contributed by atoms with van der Waals surface area (Å²) in [6, 6.07) is 12.3. The van der Waals surface area contributed by atoms with Crippen LogP contribution in [0.3, 0.4) is 0 Å². The van der Waals surface area contributed by atoms with Crippen LogP contribution in [0.15, 0.2) is 41.2 Å². The Morgan fingerprint density at radius 1 is 1.27 bits per heavy atom. The van der Waals surface area contributed by atoms with Crippen molar-refractivity contribution in [2.45, 2.75) is 45.4 Å². The van der Waals surface area contributed by atoms with Crippen LogP contribution in [0.1, 0.15) is 51.0 Å². The fraction of sp³-hybridized carbons (Fsp3) is 0.421. The largest absolute Gasteiger partial charge is 0.397 e. The normalized spacial score (nSPS) is 14.9. The second kappa shape index (κ2) is 6.93. The van der Waals surface area contributed by atoms with Crippen molar-refractivity contribution >= 4 is 0 Å². The van der Waals surface area contributed by atoms with E-state index in [-0.39, 0.29) is 19.0 Å². The van der Waals surface area contributed by atoms with Crippen LogP contribution in [0.4, 0.5) is 0 Å². The van der Waals surface area contributed by atoms with Crippen LogP contribution in [0, 0.1) is 0 Å². The molecule has 0 radical (unpaired) electrons. The molecule has 0 amide bonds. The van der Waals surface area contributed by atoms with Crippen LogP contribution in [0.2, 0.25) is 0 Å². The van der Waals surface area contributed by atoms with Crippen LogP contribution < -0.4 is 5.56 Å². The molecule has 120 valence electrons. The molecule has 0 saturated carbocycles. The summed E-state index contributed by atoms with van der Waals surface area (Å²) in [6.07, 6.45) is 2.90. The molecular formula is C19H27NO2. The number of hydrogen-bond acceptors (Lipinski definition) is 2. The highest BCUT2D eigenvalue weighted by molar-refractivity contribution is 5.36. The van der Waals surface area contributed by atoms with Crippen LogP contribution in [0.5, 0.6) is 0 Å². The third kappa shape index (κ3) is 3.66. The summed E-state index contributed by atoms with van der Waals surface area (Å²) in [5.74, 6) is 0. The van der Waals surface area contributed by atoms with Crippen molar-refractivity contribution in [2.24, 2.45) is 0 Å². The molecule has 0 fully saturated rings. The van der Waals surface area contributed by atoms with Gasteiger partial charge in [0.1, 0.15) is 0 Å². The van der Waals surface area contributed by atoms with Crippen LogP contribution >= 0.6 is 0 Å². The van der Waals surface area contributed by atoms with Crippen LogP contribution in [-0.2, 0) is 18.3 Å². The number of aromatic nitrogens is 1. The number of aryl methyl sites for hydroxylation is 1. The van der Waals surface area contributed by atoms with Gasteiger partial charge in [-0.15, -0.1) is 0 Å². The van der Waals surface area contributed by atoms with E-state index in [9.17, 15) is 4.79 Å². The lowest BCUT2D eigenvalue weighted by Gasteiger charge is -2.18. The molecule has 3 nitrogen and oxygen atoms in total. The van der Waals surface area contributed by atoms with Gasteiger partial charge in [-0.25, -0.2) is 0 Å². The lowest BCUT2D eigenvalue weighted by atomic mass is 9.90. The number of nitrogens with one attached hydrogen (secondary N) is 1. The Kier molecular flexibility index (Phi) is 5.19. The molecule has 1 aromatic carbocycles. The van der Waals surface area contributed by atoms with Gasteiger partial charge in [0.15, 0.2) is 0 Å². The minimum absolute atomic E-state index is 0. The molecule has 1 heterocycles. The number of fused-ring (bicyclic) bond motifs is 1. The number of pyridine rings is 1. The van der Waals surface area contributed by atoms with Gasteiger partial charge in [0.25, 0.3) is 5.56 Å². The monoisotopic (exact) mass is 301 g/mol. The van der Waals surface area contributed by atoms with E-state index in [0.29, 0.717) is 6.42 Å². The zero-order valence-corrected chi connectivity index (χ0v) is 13.6. The minimum Gasteiger partial charge on any atom is -0.397 e. The lowest BCUT2D eigenvalue weighted by Crippen LogP contribution is -2.21. The number of H-pyrrole nitrogens is 1. The predicted octanol–water partition coefficient (Wildman–Crippen LogP) is 3.43. The van der Waals surface area contributed by atoms with E-state index < -0.39 is 0 Å². The lowest BCUT2D eigenvalue weighted by molar-refractivity contribution is 0.318. The maximum absolute atomic E-state index is 12.2. The smallest absolute Gasteiger partial charge is 0.251 e.